The largest absolute Gasteiger partial charge is 0.340 e. The third-order valence-electron chi connectivity index (χ3n) is 4.58. The number of halogens is 3. The fourth-order valence-corrected chi connectivity index (χ4v) is 2.93. The van der Waals surface area contributed by atoms with E-state index in [1.54, 1.807) is 0 Å². The average molecular weight is 417 g/mol. The fourth-order valence-electron chi connectivity index (χ4n) is 2.93. The van der Waals surface area contributed by atoms with E-state index in [9.17, 15) is 4.79 Å². The van der Waals surface area contributed by atoms with E-state index in [2.05, 4.69) is 23.8 Å². The molecular weight excluding hydrogens is 385 g/mol. The van der Waals surface area contributed by atoms with Crippen molar-refractivity contribution in [2.45, 2.75) is 46.2 Å². The molecule has 2 heterocycles. The van der Waals surface area contributed by atoms with Crippen LogP contribution in [0.4, 0.5) is 0 Å². The van der Waals surface area contributed by atoms with Gasteiger partial charge in [-0.1, -0.05) is 0 Å². The highest BCUT2D eigenvalue weighted by Gasteiger charge is 2.22. The van der Waals surface area contributed by atoms with Crippen LogP contribution in [0.3, 0.4) is 0 Å². The summed E-state index contributed by atoms with van der Waals surface area (Å²) in [6, 6.07) is 0.0989. The Morgan fingerprint density at radius 3 is 2.16 bits per heavy atom. The number of piperazine rings is 1. The Balaban J connectivity index is 0. The van der Waals surface area contributed by atoms with Gasteiger partial charge >= 0.3 is 0 Å². The minimum absolute atomic E-state index is 0. The lowest BCUT2D eigenvalue weighted by molar-refractivity contribution is -0.133. The molecule has 0 bridgehead atoms. The zero-order valence-electron chi connectivity index (χ0n) is 15.5. The van der Waals surface area contributed by atoms with Crippen molar-refractivity contribution in [3.63, 3.8) is 0 Å². The highest BCUT2D eigenvalue weighted by molar-refractivity contribution is 5.86. The number of hydrogen-bond acceptors (Lipinski definition) is 4. The Morgan fingerprint density at radius 1 is 1.16 bits per heavy atom. The summed E-state index contributed by atoms with van der Waals surface area (Å²) in [5.41, 5.74) is 9.38. The normalized spacial score (nSPS) is 15.6. The van der Waals surface area contributed by atoms with E-state index >= 15 is 0 Å². The Hall–Kier alpha value is -0.530. The molecule has 1 aliphatic heterocycles. The smallest absolute Gasteiger partial charge is 0.222 e. The minimum Gasteiger partial charge on any atom is -0.340 e. The van der Waals surface area contributed by atoms with E-state index < -0.39 is 0 Å². The van der Waals surface area contributed by atoms with Gasteiger partial charge < -0.3 is 10.6 Å². The Morgan fingerprint density at radius 2 is 1.72 bits per heavy atom. The molecule has 0 aromatic carbocycles. The van der Waals surface area contributed by atoms with Crippen molar-refractivity contribution in [3.8, 4) is 0 Å². The summed E-state index contributed by atoms with van der Waals surface area (Å²) in [4.78, 5) is 16.5. The van der Waals surface area contributed by atoms with Crippen LogP contribution < -0.4 is 5.73 Å². The molecule has 0 spiro atoms. The SMILES string of the molecule is Cc1nn(C)c(C)c1CN1CCN(C(=O)CCC(C)N)CC1.Cl.Cl.Cl. The number of nitrogens with two attached hydrogens (primary N) is 1. The zero-order chi connectivity index (χ0) is 16.3. The maximum atomic E-state index is 12.1. The standard InChI is InChI=1S/C16H29N5O.3ClH/c1-12(17)5-6-16(22)21-9-7-20(8-10-21)11-15-13(2)18-19(4)14(15)3;;;/h12H,5-11,17H2,1-4H3;3*1H. The molecule has 25 heavy (non-hydrogen) atoms. The van der Waals surface area contributed by atoms with Crippen LogP contribution in [0.1, 0.15) is 36.7 Å². The molecule has 1 atom stereocenters. The predicted molar refractivity (Wildman–Crippen MR) is 109 cm³/mol. The Labute approximate surface area is 169 Å². The summed E-state index contributed by atoms with van der Waals surface area (Å²) in [5.74, 6) is 0.241. The lowest BCUT2D eigenvalue weighted by Crippen LogP contribution is -2.48. The third-order valence-corrected chi connectivity index (χ3v) is 4.58. The van der Waals surface area contributed by atoms with Gasteiger partial charge in [0.1, 0.15) is 0 Å². The molecule has 9 heteroatoms. The maximum Gasteiger partial charge on any atom is 0.222 e. The summed E-state index contributed by atoms with van der Waals surface area (Å²) < 4.78 is 1.94. The first-order chi connectivity index (χ1) is 10.4. The van der Waals surface area contributed by atoms with Crippen molar-refractivity contribution in [2.24, 2.45) is 12.8 Å². The number of carbonyl (C=O) groups is 1. The van der Waals surface area contributed by atoms with Gasteiger partial charge in [-0.05, 0) is 27.2 Å². The van der Waals surface area contributed by atoms with E-state index in [0.29, 0.717) is 6.42 Å². The van der Waals surface area contributed by atoms with E-state index in [1.165, 1.54) is 11.3 Å². The number of rotatable bonds is 5. The highest BCUT2D eigenvalue weighted by Crippen LogP contribution is 2.16. The monoisotopic (exact) mass is 415 g/mol. The molecule has 1 aliphatic rings. The quantitative estimate of drug-likeness (QED) is 0.798. The van der Waals surface area contributed by atoms with Crippen molar-refractivity contribution in [1.29, 1.82) is 0 Å². The lowest BCUT2D eigenvalue weighted by Gasteiger charge is -2.35. The van der Waals surface area contributed by atoms with Crippen LogP contribution in [0.5, 0.6) is 0 Å². The van der Waals surface area contributed by atoms with Gasteiger partial charge in [0.2, 0.25) is 5.91 Å². The molecule has 148 valence electrons. The van der Waals surface area contributed by atoms with Crippen LogP contribution in [0.15, 0.2) is 0 Å². The number of hydrogen-bond donors (Lipinski definition) is 1. The van der Waals surface area contributed by atoms with Gasteiger partial charge in [-0.25, -0.2) is 0 Å². The highest BCUT2D eigenvalue weighted by atomic mass is 35.5. The van der Waals surface area contributed by atoms with Gasteiger partial charge in [0, 0.05) is 63.5 Å². The van der Waals surface area contributed by atoms with Gasteiger partial charge in [-0.3, -0.25) is 14.4 Å². The minimum atomic E-state index is 0. The van der Waals surface area contributed by atoms with Gasteiger partial charge in [0.05, 0.1) is 5.69 Å². The average Bonchev–Trinajstić information content (AvgIpc) is 2.72. The lowest BCUT2D eigenvalue weighted by atomic mass is 10.1. The van der Waals surface area contributed by atoms with E-state index in [0.717, 1.165) is 44.8 Å². The number of nitrogens with zero attached hydrogens (tertiary/aromatic N) is 4. The van der Waals surface area contributed by atoms with Crippen molar-refractivity contribution in [3.05, 3.63) is 17.0 Å². The summed E-state index contributed by atoms with van der Waals surface area (Å²) >= 11 is 0. The van der Waals surface area contributed by atoms with Crippen LogP contribution in [0, 0.1) is 13.8 Å². The first-order valence-electron chi connectivity index (χ1n) is 8.13. The van der Waals surface area contributed by atoms with Crippen molar-refractivity contribution in [1.82, 2.24) is 19.6 Å². The number of aryl methyl sites for hydroxylation is 2. The van der Waals surface area contributed by atoms with Crippen LogP contribution in [0.2, 0.25) is 0 Å². The van der Waals surface area contributed by atoms with Crippen molar-refractivity contribution in [2.75, 3.05) is 26.2 Å². The van der Waals surface area contributed by atoms with Crippen LogP contribution in [0.25, 0.3) is 0 Å². The molecular formula is C16H32Cl3N5O. The molecule has 1 aromatic heterocycles. The van der Waals surface area contributed by atoms with Gasteiger partial charge in [-0.15, -0.1) is 37.2 Å². The summed E-state index contributed by atoms with van der Waals surface area (Å²) in [6.07, 6.45) is 1.34. The first-order valence-corrected chi connectivity index (χ1v) is 8.13. The second kappa shape index (κ2) is 12.0. The maximum absolute atomic E-state index is 12.1. The molecule has 1 aromatic rings. The molecule has 1 unspecified atom stereocenters. The predicted octanol–water partition coefficient (Wildman–Crippen LogP) is 2.07. The van der Waals surface area contributed by atoms with Crippen LogP contribution in [-0.4, -0.2) is 57.7 Å². The molecule has 2 rings (SSSR count). The third kappa shape index (κ3) is 7.31. The van der Waals surface area contributed by atoms with E-state index in [-0.39, 0.29) is 49.2 Å². The Kier molecular flexibility index (Phi) is 12.8. The molecule has 0 aliphatic carbocycles. The molecule has 2 N–H and O–H groups in total. The van der Waals surface area contributed by atoms with Crippen molar-refractivity contribution < 1.29 is 4.79 Å². The van der Waals surface area contributed by atoms with Gasteiger partial charge in [0.15, 0.2) is 0 Å². The Bertz CT molecular complexity index is 528. The number of amides is 1. The topological polar surface area (TPSA) is 67.4 Å². The summed E-state index contributed by atoms with van der Waals surface area (Å²) in [7, 11) is 1.99. The second-order valence-corrected chi connectivity index (χ2v) is 6.45. The summed E-state index contributed by atoms with van der Waals surface area (Å²) in [6.45, 7) is 10.5. The van der Waals surface area contributed by atoms with Gasteiger partial charge in [-0.2, -0.15) is 5.10 Å². The number of aromatic nitrogens is 2. The van der Waals surface area contributed by atoms with Crippen LogP contribution >= 0.6 is 37.2 Å². The number of carbonyl (C=O) groups excluding carboxylic acids is 1. The zero-order valence-corrected chi connectivity index (χ0v) is 18.0. The molecule has 1 fully saturated rings. The van der Waals surface area contributed by atoms with E-state index in [1.807, 2.05) is 23.6 Å². The molecule has 0 radical (unpaired) electrons. The molecule has 1 amide bonds. The molecule has 0 saturated carbocycles. The first kappa shape index (κ1) is 26.7. The summed E-state index contributed by atoms with van der Waals surface area (Å²) in [5, 5.41) is 4.47. The second-order valence-electron chi connectivity index (χ2n) is 6.45. The van der Waals surface area contributed by atoms with Crippen molar-refractivity contribution >= 4 is 43.1 Å². The molecule has 6 nitrogen and oxygen atoms in total. The fraction of sp³-hybridized carbons (Fsp3) is 0.750. The van der Waals surface area contributed by atoms with E-state index in [4.69, 9.17) is 5.73 Å². The van der Waals surface area contributed by atoms with Gasteiger partial charge in [0.25, 0.3) is 0 Å². The molecule has 1 saturated heterocycles. The van der Waals surface area contributed by atoms with Crippen LogP contribution in [-0.2, 0) is 18.4 Å².